The molecule has 136 valence electrons. The maximum Gasteiger partial charge on any atom is 0.329 e. The Morgan fingerprint density at radius 1 is 1.15 bits per heavy atom. The van der Waals surface area contributed by atoms with Crippen molar-refractivity contribution in [3.63, 3.8) is 0 Å². The molecule has 0 atom stereocenters. The van der Waals surface area contributed by atoms with Crippen LogP contribution in [0.3, 0.4) is 0 Å². The topological polar surface area (TPSA) is 109 Å². The van der Waals surface area contributed by atoms with Crippen LogP contribution in [0.25, 0.3) is 0 Å². The summed E-state index contributed by atoms with van der Waals surface area (Å²) in [6, 6.07) is 11.3. The van der Waals surface area contributed by atoms with Crippen LogP contribution >= 0.6 is 0 Å². The third kappa shape index (κ3) is 4.97. The van der Waals surface area contributed by atoms with Gasteiger partial charge < -0.3 is 19.9 Å². The number of para-hydroxylation sites is 2. The van der Waals surface area contributed by atoms with Gasteiger partial charge in [0, 0.05) is 0 Å². The van der Waals surface area contributed by atoms with Crippen molar-refractivity contribution in [1.82, 2.24) is 5.43 Å². The fourth-order valence-electron chi connectivity index (χ4n) is 2.03. The number of carbonyl (C=O) groups excluding carboxylic acids is 2. The summed E-state index contributed by atoms with van der Waals surface area (Å²) in [4.78, 5) is 23.7. The Labute approximate surface area is 150 Å². The van der Waals surface area contributed by atoms with Crippen molar-refractivity contribution >= 4 is 23.7 Å². The highest BCUT2D eigenvalue weighted by atomic mass is 16.5. The van der Waals surface area contributed by atoms with Gasteiger partial charge >= 0.3 is 11.8 Å². The van der Waals surface area contributed by atoms with Crippen molar-refractivity contribution in [1.29, 1.82) is 0 Å². The standard InChI is InChI=1S/C18H19N3O5/c1-3-26-16-10-12(8-9-14(16)22)11-19-21-18(24)17(23)20-13-6-4-5-7-15(13)25-2/h4-11,22H,3H2,1-2H3,(H,20,23)(H,21,24)/b19-11+. The van der Waals surface area contributed by atoms with E-state index in [0.29, 0.717) is 29.4 Å². The van der Waals surface area contributed by atoms with Crippen molar-refractivity contribution in [2.75, 3.05) is 19.0 Å². The third-order valence-electron chi connectivity index (χ3n) is 3.22. The molecule has 0 radical (unpaired) electrons. The first-order chi connectivity index (χ1) is 12.5. The Kier molecular flexibility index (Phi) is 6.55. The molecule has 2 rings (SSSR count). The van der Waals surface area contributed by atoms with E-state index < -0.39 is 11.8 Å². The van der Waals surface area contributed by atoms with Crippen LogP contribution in [0.1, 0.15) is 12.5 Å². The maximum atomic E-state index is 11.9. The summed E-state index contributed by atoms with van der Waals surface area (Å²) in [6.07, 6.45) is 1.33. The van der Waals surface area contributed by atoms with E-state index >= 15 is 0 Å². The van der Waals surface area contributed by atoms with Crippen molar-refractivity contribution in [3.8, 4) is 17.2 Å². The quantitative estimate of drug-likeness (QED) is 0.415. The Hall–Kier alpha value is -3.55. The molecule has 0 heterocycles. The number of methoxy groups -OCH3 is 1. The third-order valence-corrected chi connectivity index (χ3v) is 3.22. The van der Waals surface area contributed by atoms with Gasteiger partial charge in [-0.05, 0) is 42.8 Å². The molecule has 3 N–H and O–H groups in total. The zero-order chi connectivity index (χ0) is 18.9. The Balaban J connectivity index is 1.96. The lowest BCUT2D eigenvalue weighted by Gasteiger charge is -2.08. The number of nitrogens with one attached hydrogen (secondary N) is 2. The highest BCUT2D eigenvalue weighted by Gasteiger charge is 2.14. The number of ether oxygens (including phenoxy) is 2. The average Bonchev–Trinajstić information content (AvgIpc) is 2.64. The zero-order valence-corrected chi connectivity index (χ0v) is 14.4. The number of benzene rings is 2. The van der Waals surface area contributed by atoms with Gasteiger partial charge in [0.15, 0.2) is 11.5 Å². The molecule has 0 bridgehead atoms. The second-order valence-electron chi connectivity index (χ2n) is 5.01. The van der Waals surface area contributed by atoms with E-state index in [4.69, 9.17) is 9.47 Å². The van der Waals surface area contributed by atoms with Crippen molar-refractivity contribution in [2.45, 2.75) is 6.92 Å². The first kappa shape index (κ1) is 18.8. The van der Waals surface area contributed by atoms with Crippen LogP contribution in [0.15, 0.2) is 47.6 Å². The fourth-order valence-corrected chi connectivity index (χ4v) is 2.03. The smallest absolute Gasteiger partial charge is 0.329 e. The highest BCUT2D eigenvalue weighted by molar-refractivity contribution is 6.39. The number of carbonyl (C=O) groups is 2. The molecule has 0 aliphatic carbocycles. The van der Waals surface area contributed by atoms with Crippen LogP contribution in [-0.4, -0.2) is 36.9 Å². The highest BCUT2D eigenvalue weighted by Crippen LogP contribution is 2.26. The Bertz CT molecular complexity index is 820. The van der Waals surface area contributed by atoms with E-state index in [1.165, 1.54) is 19.4 Å². The summed E-state index contributed by atoms with van der Waals surface area (Å²) in [5.41, 5.74) is 3.08. The predicted octanol–water partition coefficient (Wildman–Crippen LogP) is 1.89. The van der Waals surface area contributed by atoms with Crippen molar-refractivity contribution in [2.24, 2.45) is 5.10 Å². The molecule has 0 aromatic heterocycles. The summed E-state index contributed by atoms with van der Waals surface area (Å²) >= 11 is 0. The molecule has 0 aliphatic rings. The van der Waals surface area contributed by atoms with Crippen LogP contribution in [0.2, 0.25) is 0 Å². The van der Waals surface area contributed by atoms with E-state index in [2.05, 4.69) is 15.8 Å². The zero-order valence-electron chi connectivity index (χ0n) is 14.4. The number of aromatic hydroxyl groups is 1. The summed E-state index contributed by atoms with van der Waals surface area (Å²) < 4.78 is 10.4. The molecule has 0 unspecified atom stereocenters. The molecule has 0 spiro atoms. The molecular formula is C18H19N3O5. The molecule has 2 aromatic carbocycles. The Morgan fingerprint density at radius 2 is 1.92 bits per heavy atom. The minimum Gasteiger partial charge on any atom is -0.504 e. The number of hydrazone groups is 1. The normalized spacial score (nSPS) is 10.4. The van der Waals surface area contributed by atoms with Gasteiger partial charge in [-0.15, -0.1) is 0 Å². The molecule has 26 heavy (non-hydrogen) atoms. The van der Waals surface area contributed by atoms with E-state index in [9.17, 15) is 14.7 Å². The van der Waals surface area contributed by atoms with Crippen LogP contribution < -0.4 is 20.2 Å². The predicted molar refractivity (Wildman–Crippen MR) is 96.6 cm³/mol. The summed E-state index contributed by atoms with van der Waals surface area (Å²) in [7, 11) is 1.46. The van der Waals surface area contributed by atoms with Gasteiger partial charge in [0.25, 0.3) is 0 Å². The maximum absolute atomic E-state index is 11.9. The first-order valence-electron chi connectivity index (χ1n) is 7.78. The fraction of sp³-hybridized carbons (Fsp3) is 0.167. The number of amides is 2. The monoisotopic (exact) mass is 357 g/mol. The number of hydrogen-bond donors (Lipinski definition) is 3. The first-order valence-corrected chi connectivity index (χ1v) is 7.78. The molecule has 0 saturated heterocycles. The van der Waals surface area contributed by atoms with Gasteiger partial charge in [0.2, 0.25) is 0 Å². The lowest BCUT2D eigenvalue weighted by molar-refractivity contribution is -0.136. The molecule has 0 fully saturated rings. The number of anilines is 1. The largest absolute Gasteiger partial charge is 0.504 e. The van der Waals surface area contributed by atoms with E-state index in [0.717, 1.165) is 0 Å². The molecule has 0 aliphatic heterocycles. The van der Waals surface area contributed by atoms with Crippen LogP contribution in [0.4, 0.5) is 5.69 Å². The van der Waals surface area contributed by atoms with Gasteiger partial charge in [0.05, 0.1) is 25.6 Å². The molecule has 0 saturated carbocycles. The van der Waals surface area contributed by atoms with E-state index in [1.54, 1.807) is 43.3 Å². The van der Waals surface area contributed by atoms with Gasteiger partial charge in [-0.2, -0.15) is 5.10 Å². The molecule has 8 nitrogen and oxygen atoms in total. The SMILES string of the molecule is CCOc1cc(/C=N/NC(=O)C(=O)Nc2ccccc2OC)ccc1O. The second-order valence-corrected chi connectivity index (χ2v) is 5.01. The Morgan fingerprint density at radius 3 is 2.65 bits per heavy atom. The van der Waals surface area contributed by atoms with E-state index in [-0.39, 0.29) is 5.75 Å². The second kappa shape index (κ2) is 9.07. The number of hydrogen-bond acceptors (Lipinski definition) is 6. The molecule has 8 heteroatoms. The van der Waals surface area contributed by atoms with E-state index in [1.807, 2.05) is 0 Å². The van der Waals surface area contributed by atoms with Crippen LogP contribution in [0.5, 0.6) is 17.2 Å². The minimum absolute atomic E-state index is 0.00391. The summed E-state index contributed by atoms with van der Waals surface area (Å²) in [5.74, 6) is -1.08. The minimum atomic E-state index is -0.934. The summed E-state index contributed by atoms with van der Waals surface area (Å²) in [6.45, 7) is 2.19. The van der Waals surface area contributed by atoms with Crippen molar-refractivity contribution < 1.29 is 24.2 Å². The van der Waals surface area contributed by atoms with Gasteiger partial charge in [-0.1, -0.05) is 12.1 Å². The molecule has 2 aromatic rings. The summed E-state index contributed by atoms with van der Waals surface area (Å²) in [5, 5.41) is 15.8. The van der Waals surface area contributed by atoms with Crippen LogP contribution in [-0.2, 0) is 9.59 Å². The van der Waals surface area contributed by atoms with Crippen LogP contribution in [0, 0.1) is 0 Å². The number of phenols is 1. The van der Waals surface area contributed by atoms with Gasteiger partial charge in [-0.3, -0.25) is 9.59 Å². The molecule has 2 amide bonds. The lowest BCUT2D eigenvalue weighted by atomic mass is 10.2. The number of nitrogens with zero attached hydrogens (tertiary/aromatic N) is 1. The molecular weight excluding hydrogens is 338 g/mol. The lowest BCUT2D eigenvalue weighted by Crippen LogP contribution is -2.32. The number of rotatable bonds is 6. The number of phenolic OH excluding ortho intramolecular Hbond substituents is 1. The van der Waals surface area contributed by atoms with Gasteiger partial charge in [-0.25, -0.2) is 5.43 Å². The van der Waals surface area contributed by atoms with Gasteiger partial charge in [0.1, 0.15) is 5.75 Å². The average molecular weight is 357 g/mol. The van der Waals surface area contributed by atoms with Crippen molar-refractivity contribution in [3.05, 3.63) is 48.0 Å².